The lowest BCUT2D eigenvalue weighted by Gasteiger charge is -2.24. The van der Waals surface area contributed by atoms with E-state index in [9.17, 15) is 13.5 Å². The third-order valence-corrected chi connectivity index (χ3v) is 7.02. The van der Waals surface area contributed by atoms with Gasteiger partial charge in [-0.3, -0.25) is 4.68 Å². The topological polar surface area (TPSA) is 75.4 Å². The summed E-state index contributed by atoms with van der Waals surface area (Å²) in [5.74, 6) is 0. The molecule has 2 aromatic rings. The van der Waals surface area contributed by atoms with Crippen LogP contribution >= 0.6 is 11.3 Å². The maximum Gasteiger partial charge on any atom is 0.252 e. The minimum atomic E-state index is -3.53. The number of aliphatic hydroxyl groups excluding tert-OH is 1. The third-order valence-electron chi connectivity index (χ3n) is 3.72. The predicted octanol–water partition coefficient (Wildman–Crippen LogP) is 0.848. The molecule has 2 atom stereocenters. The van der Waals surface area contributed by atoms with Crippen molar-refractivity contribution >= 4 is 21.4 Å². The Morgan fingerprint density at radius 3 is 2.95 bits per heavy atom. The van der Waals surface area contributed by atoms with Gasteiger partial charge in [-0.25, -0.2) is 8.42 Å². The largest absolute Gasteiger partial charge is 0.391 e. The molecule has 1 saturated heterocycles. The van der Waals surface area contributed by atoms with E-state index in [1.807, 2.05) is 13.2 Å². The Morgan fingerprint density at radius 1 is 1.52 bits per heavy atom. The van der Waals surface area contributed by atoms with Gasteiger partial charge in [0.05, 0.1) is 18.3 Å². The molecule has 0 bridgehead atoms. The molecule has 0 radical (unpaired) electrons. The van der Waals surface area contributed by atoms with Gasteiger partial charge in [0, 0.05) is 19.8 Å². The fourth-order valence-electron chi connectivity index (χ4n) is 2.69. The molecule has 1 N–H and O–H groups in total. The Kier molecular flexibility index (Phi) is 3.87. The molecule has 1 aliphatic rings. The number of hydrogen-bond acceptors (Lipinski definition) is 5. The van der Waals surface area contributed by atoms with Gasteiger partial charge in [0.2, 0.25) is 0 Å². The minimum Gasteiger partial charge on any atom is -0.391 e. The van der Waals surface area contributed by atoms with Gasteiger partial charge in [0.25, 0.3) is 10.0 Å². The highest BCUT2D eigenvalue weighted by molar-refractivity contribution is 7.91. The normalized spacial score (nSPS) is 23.7. The maximum absolute atomic E-state index is 12.7. The van der Waals surface area contributed by atoms with Gasteiger partial charge in [-0.05, 0) is 29.9 Å². The standard InChI is InChI=1S/C13H17N3O3S2/c1-15-9-10(8-14-15)7-11-12(17)4-5-16(11)21(18,19)13-3-2-6-20-13/h2-3,6,8-9,11-12,17H,4-5,7H2,1H3/t11-,12+/m1/s1. The average Bonchev–Trinajstić information content (AvgIpc) is 3.13. The summed E-state index contributed by atoms with van der Waals surface area (Å²) in [7, 11) is -1.71. The van der Waals surface area contributed by atoms with Crippen LogP contribution in [0.5, 0.6) is 0 Å². The Bertz CT molecular complexity index is 709. The van der Waals surface area contributed by atoms with Crippen molar-refractivity contribution < 1.29 is 13.5 Å². The second-order valence-corrected chi connectivity index (χ2v) is 8.26. The van der Waals surface area contributed by atoms with E-state index >= 15 is 0 Å². The Hall–Kier alpha value is -1.22. The minimum absolute atomic E-state index is 0.327. The van der Waals surface area contributed by atoms with Crippen LogP contribution in [-0.2, 0) is 23.5 Å². The first-order valence-electron chi connectivity index (χ1n) is 6.69. The average molecular weight is 327 g/mol. The maximum atomic E-state index is 12.7. The van der Waals surface area contributed by atoms with Crippen LogP contribution in [0.4, 0.5) is 0 Å². The molecule has 3 heterocycles. The van der Waals surface area contributed by atoms with E-state index in [4.69, 9.17) is 0 Å². The van der Waals surface area contributed by atoms with E-state index in [0.29, 0.717) is 23.6 Å². The van der Waals surface area contributed by atoms with Gasteiger partial charge >= 0.3 is 0 Å². The lowest BCUT2D eigenvalue weighted by Crippen LogP contribution is -2.40. The summed E-state index contributed by atoms with van der Waals surface area (Å²) in [6.45, 7) is 0.354. The van der Waals surface area contributed by atoms with E-state index in [-0.39, 0.29) is 0 Å². The van der Waals surface area contributed by atoms with Crippen LogP contribution in [0, 0.1) is 0 Å². The number of nitrogens with zero attached hydrogens (tertiary/aromatic N) is 3. The van der Waals surface area contributed by atoms with Crippen molar-refractivity contribution in [2.45, 2.75) is 29.2 Å². The molecule has 0 amide bonds. The molecule has 2 aromatic heterocycles. The van der Waals surface area contributed by atoms with E-state index in [0.717, 1.165) is 5.56 Å². The highest BCUT2D eigenvalue weighted by Crippen LogP contribution is 2.30. The number of sulfonamides is 1. The van der Waals surface area contributed by atoms with Crippen molar-refractivity contribution in [3.8, 4) is 0 Å². The van der Waals surface area contributed by atoms with Crippen LogP contribution in [0.1, 0.15) is 12.0 Å². The van der Waals surface area contributed by atoms with Crippen molar-refractivity contribution in [3.05, 3.63) is 35.5 Å². The quantitative estimate of drug-likeness (QED) is 0.903. The summed E-state index contributed by atoms with van der Waals surface area (Å²) < 4.78 is 28.7. The van der Waals surface area contributed by atoms with Gasteiger partial charge in [-0.15, -0.1) is 11.3 Å². The molecule has 3 rings (SSSR count). The van der Waals surface area contributed by atoms with Gasteiger partial charge < -0.3 is 5.11 Å². The Labute approximate surface area is 127 Å². The zero-order valence-corrected chi connectivity index (χ0v) is 13.2. The first kappa shape index (κ1) is 14.7. The Balaban J connectivity index is 1.87. The van der Waals surface area contributed by atoms with Crippen molar-refractivity contribution in [2.75, 3.05) is 6.54 Å². The third kappa shape index (κ3) is 2.76. The number of hydrogen-bond donors (Lipinski definition) is 1. The van der Waals surface area contributed by atoms with Crippen LogP contribution < -0.4 is 0 Å². The molecule has 1 fully saturated rings. The predicted molar refractivity (Wildman–Crippen MR) is 79.5 cm³/mol. The summed E-state index contributed by atoms with van der Waals surface area (Å²) in [4.78, 5) is 0. The zero-order chi connectivity index (χ0) is 15.0. The van der Waals surface area contributed by atoms with Crippen LogP contribution in [0.3, 0.4) is 0 Å². The fourth-order valence-corrected chi connectivity index (χ4v) is 5.48. The van der Waals surface area contributed by atoms with Gasteiger partial charge in [0.1, 0.15) is 4.21 Å². The first-order valence-corrected chi connectivity index (χ1v) is 9.01. The van der Waals surface area contributed by atoms with Crippen LogP contribution in [-0.4, -0.2) is 46.3 Å². The van der Waals surface area contributed by atoms with Crippen LogP contribution in [0.15, 0.2) is 34.1 Å². The lowest BCUT2D eigenvalue weighted by molar-refractivity contribution is 0.142. The number of aromatic nitrogens is 2. The molecule has 0 unspecified atom stereocenters. The van der Waals surface area contributed by atoms with Crippen molar-refractivity contribution in [3.63, 3.8) is 0 Å². The SMILES string of the molecule is Cn1cc(C[C@@H]2[C@@H](O)CCN2S(=O)(=O)c2cccs2)cn1. The van der Waals surface area contributed by atoms with Crippen molar-refractivity contribution in [1.82, 2.24) is 14.1 Å². The number of aryl methyl sites for hydroxylation is 1. The molecule has 21 heavy (non-hydrogen) atoms. The molecule has 1 aliphatic heterocycles. The van der Waals surface area contributed by atoms with Crippen molar-refractivity contribution in [1.29, 1.82) is 0 Å². The van der Waals surface area contributed by atoms with Gasteiger partial charge in [-0.1, -0.05) is 6.07 Å². The molecular weight excluding hydrogens is 310 g/mol. The highest BCUT2D eigenvalue weighted by atomic mass is 32.2. The monoisotopic (exact) mass is 327 g/mol. The molecule has 114 valence electrons. The highest BCUT2D eigenvalue weighted by Gasteiger charge is 2.41. The summed E-state index contributed by atoms with van der Waals surface area (Å²) in [5, 5.41) is 16.0. The molecule has 6 nitrogen and oxygen atoms in total. The summed E-state index contributed by atoms with van der Waals surface area (Å²) in [5.41, 5.74) is 0.926. The Morgan fingerprint density at radius 2 is 2.33 bits per heavy atom. The molecular formula is C13H17N3O3S2. The molecule has 0 aliphatic carbocycles. The second-order valence-electron chi connectivity index (χ2n) is 5.20. The molecule has 0 saturated carbocycles. The van der Waals surface area contributed by atoms with E-state index < -0.39 is 22.2 Å². The van der Waals surface area contributed by atoms with E-state index in [2.05, 4.69) is 5.10 Å². The number of rotatable bonds is 4. The van der Waals surface area contributed by atoms with Crippen LogP contribution in [0.2, 0.25) is 0 Å². The summed E-state index contributed by atoms with van der Waals surface area (Å²) in [6.07, 6.45) is 3.86. The molecule has 8 heteroatoms. The van der Waals surface area contributed by atoms with Gasteiger partial charge in [0.15, 0.2) is 0 Å². The van der Waals surface area contributed by atoms with E-state index in [1.54, 1.807) is 28.4 Å². The zero-order valence-electron chi connectivity index (χ0n) is 11.6. The van der Waals surface area contributed by atoms with Crippen LogP contribution in [0.25, 0.3) is 0 Å². The van der Waals surface area contributed by atoms with Gasteiger partial charge in [-0.2, -0.15) is 9.40 Å². The second kappa shape index (κ2) is 5.53. The lowest BCUT2D eigenvalue weighted by atomic mass is 10.1. The number of aliphatic hydroxyl groups is 1. The molecule has 0 spiro atoms. The fraction of sp³-hybridized carbons (Fsp3) is 0.462. The smallest absolute Gasteiger partial charge is 0.252 e. The molecule has 0 aromatic carbocycles. The first-order chi connectivity index (χ1) is 9.98. The summed E-state index contributed by atoms with van der Waals surface area (Å²) >= 11 is 1.20. The van der Waals surface area contributed by atoms with E-state index in [1.165, 1.54) is 15.6 Å². The summed E-state index contributed by atoms with van der Waals surface area (Å²) in [6, 6.07) is 2.90. The number of thiophene rings is 1. The van der Waals surface area contributed by atoms with Crippen molar-refractivity contribution in [2.24, 2.45) is 7.05 Å².